The first-order valence-corrected chi connectivity index (χ1v) is 24.7. The van der Waals surface area contributed by atoms with E-state index in [4.69, 9.17) is 27.9 Å². The molecule has 12 nitrogen and oxygen atoms in total. The Balaban J connectivity index is 0.000000223. The van der Waals surface area contributed by atoms with Crippen molar-refractivity contribution in [1.82, 2.24) is 28.7 Å². The second kappa shape index (κ2) is 23.1. The zero-order chi connectivity index (χ0) is 48.0. The normalized spacial score (nSPS) is 13.0. The number of benzene rings is 4. The summed E-state index contributed by atoms with van der Waals surface area (Å²) in [5.74, 6) is -4.19. The Kier molecular flexibility index (Phi) is 18.0. The van der Waals surface area contributed by atoms with Gasteiger partial charge < -0.3 is 29.9 Å². The van der Waals surface area contributed by atoms with Crippen LogP contribution in [0.4, 0.5) is 17.6 Å². The average molecular weight is 1050 g/mol. The van der Waals surface area contributed by atoms with Gasteiger partial charge in [-0.15, -0.1) is 0 Å². The Bertz CT molecular complexity index is 3270. The van der Waals surface area contributed by atoms with Gasteiger partial charge in [-0.3, -0.25) is 9.36 Å². The summed E-state index contributed by atoms with van der Waals surface area (Å²) in [4.78, 5) is 25.6. The molecule has 4 aromatic heterocycles. The van der Waals surface area contributed by atoms with Crippen molar-refractivity contribution in [2.75, 3.05) is 6.61 Å². The van der Waals surface area contributed by atoms with Crippen LogP contribution in [0.15, 0.2) is 105 Å². The summed E-state index contributed by atoms with van der Waals surface area (Å²) in [6.07, 6.45) is 12.8. The first-order chi connectivity index (χ1) is 32.8. The number of carboxylic acid groups (broad SMARTS) is 1. The molecule has 10 rings (SSSR count). The van der Waals surface area contributed by atoms with Gasteiger partial charge in [-0.25, -0.2) is 27.2 Å². The van der Waals surface area contributed by atoms with Crippen LogP contribution in [0.5, 0.6) is 0 Å². The average Bonchev–Trinajstić information content (AvgIpc) is 4.19. The molecule has 0 unspecified atom stereocenters. The predicted molar refractivity (Wildman–Crippen MR) is 262 cm³/mol. The number of esters is 1. The molecule has 0 bridgehead atoms. The van der Waals surface area contributed by atoms with Gasteiger partial charge in [0.1, 0.15) is 0 Å². The maximum Gasteiger partial charge on any atom is 1.00 e. The van der Waals surface area contributed by atoms with Gasteiger partial charge in [0.2, 0.25) is 0 Å². The molecule has 0 amide bonds. The van der Waals surface area contributed by atoms with Crippen molar-refractivity contribution in [3.8, 4) is 11.4 Å². The summed E-state index contributed by atoms with van der Waals surface area (Å²) >= 11 is 14.7. The van der Waals surface area contributed by atoms with E-state index in [9.17, 15) is 14.7 Å². The number of ether oxygens (including phenoxy) is 1. The molecule has 71 heavy (non-hydrogen) atoms. The van der Waals surface area contributed by atoms with Crippen LogP contribution in [0.3, 0.4) is 0 Å². The second-order valence-corrected chi connectivity index (χ2v) is 19.5. The third kappa shape index (κ3) is 10.8. The molecular weight excluding hydrogens is 999 g/mol. The molecule has 0 atom stereocenters. The molecule has 368 valence electrons. The summed E-state index contributed by atoms with van der Waals surface area (Å²) in [6, 6.07) is 15.5. The number of rotatable bonds is 15. The van der Waals surface area contributed by atoms with Gasteiger partial charge in [0.15, 0.2) is 23.3 Å². The molecule has 2 fully saturated rings. The van der Waals surface area contributed by atoms with Gasteiger partial charge in [-0.05, 0) is 94.0 Å². The van der Waals surface area contributed by atoms with Crippen molar-refractivity contribution in [3.05, 3.63) is 141 Å². The molecule has 4 aromatic carbocycles. The Morgan fingerprint density at radius 3 is 1.49 bits per heavy atom. The molecule has 2 saturated carbocycles. The number of carboxylic acids is 1. The number of halogens is 6. The van der Waals surface area contributed by atoms with Crippen molar-refractivity contribution in [2.45, 2.75) is 104 Å². The number of nitrogens with zero attached hydrogens (tertiary/aromatic N) is 6. The van der Waals surface area contributed by atoms with Gasteiger partial charge in [0, 0.05) is 79.1 Å². The SMILES string of the molecule is CCCn1cc(-n2c(C3CC3)c(Sc3cccc(C(=O)O)c3F)c3ccc(Cl)c(F)c32)cn1.CCCn1cc(-n2c(C3CC3)c(Sc3cccc(C(=O)OCC)c3F)c3ccc(Cl)c(F)c32)cn1.O.[Li+].[OH-]. The van der Waals surface area contributed by atoms with Gasteiger partial charge in [-0.2, -0.15) is 10.2 Å². The minimum Gasteiger partial charge on any atom is -0.870 e. The van der Waals surface area contributed by atoms with Crippen molar-refractivity contribution in [3.63, 3.8) is 0 Å². The molecule has 4 heterocycles. The summed E-state index contributed by atoms with van der Waals surface area (Å²) in [6.45, 7) is 7.42. The summed E-state index contributed by atoms with van der Waals surface area (Å²) in [7, 11) is 0. The fraction of sp³-hybridized carbons (Fsp3) is 0.280. The smallest absolute Gasteiger partial charge is 0.870 e. The molecule has 4 N–H and O–H groups in total. The molecule has 21 heteroatoms. The van der Waals surface area contributed by atoms with E-state index >= 15 is 17.6 Å². The summed E-state index contributed by atoms with van der Waals surface area (Å²) < 4.78 is 73.7. The van der Waals surface area contributed by atoms with E-state index in [0.29, 0.717) is 32.4 Å². The fourth-order valence-corrected chi connectivity index (χ4v) is 11.1. The van der Waals surface area contributed by atoms with E-state index in [1.807, 2.05) is 30.9 Å². The van der Waals surface area contributed by atoms with E-state index in [2.05, 4.69) is 24.0 Å². The predicted octanol–water partition coefficient (Wildman–Crippen LogP) is 10.3. The van der Waals surface area contributed by atoms with Gasteiger partial charge in [0.05, 0.1) is 62.6 Å². The van der Waals surface area contributed by atoms with E-state index < -0.39 is 40.8 Å². The Labute approximate surface area is 436 Å². The maximum atomic E-state index is 15.5. The number of hydrogen-bond acceptors (Lipinski definition) is 8. The summed E-state index contributed by atoms with van der Waals surface area (Å²) in [5.41, 5.74) is 3.37. The monoisotopic (exact) mass is 1040 g/mol. The molecule has 2 aliphatic rings. The number of carbonyl (C=O) groups is 2. The quantitative estimate of drug-likeness (QED) is 0.0596. The number of aromatic carboxylic acids is 1. The standard InChI is InChI=1S/C26H24ClF2N3O2S.C24H20ClF2N3O2S.Li.2H2O/c1-3-12-31-14-16(13-30-31)32-23(15-8-9-15)25(18-10-11-19(27)22(29)24(18)32)35-20-7-5-6-17(21(20)28)26(33)34-4-2;1-2-10-29-12-14(11-28-29)30-21(13-6-7-13)23(16-8-9-17(25)20(27)22(16)30)33-18-5-3-4-15(19(18)26)24(31)32;;;/h5-7,10-11,13-15H,3-4,8-9,12H2,1-2H3;3-5,8-9,11-13H,2,6-7,10H2,1H3,(H,31,32);;2*1H2/q;;+1;;/p-1. The maximum absolute atomic E-state index is 15.5. The number of fused-ring (bicyclic) bond motifs is 2. The molecule has 2 aliphatic carbocycles. The van der Waals surface area contributed by atoms with Crippen molar-refractivity contribution in [2.24, 2.45) is 0 Å². The van der Waals surface area contributed by atoms with E-state index in [-0.39, 0.29) is 73.7 Å². The van der Waals surface area contributed by atoms with Crippen molar-refractivity contribution >= 4 is 80.5 Å². The van der Waals surface area contributed by atoms with Crippen LogP contribution < -0.4 is 18.9 Å². The van der Waals surface area contributed by atoms with Crippen LogP contribution in [-0.2, 0) is 17.8 Å². The van der Waals surface area contributed by atoms with Crippen LogP contribution in [0.2, 0.25) is 10.0 Å². The van der Waals surface area contributed by atoms with Crippen molar-refractivity contribution in [1.29, 1.82) is 0 Å². The van der Waals surface area contributed by atoms with Crippen LogP contribution in [-0.4, -0.2) is 63.3 Å². The largest absolute Gasteiger partial charge is 1.00 e. The Morgan fingerprint density at radius 2 is 1.10 bits per heavy atom. The molecule has 0 spiro atoms. The Morgan fingerprint density at radius 1 is 0.676 bits per heavy atom. The van der Waals surface area contributed by atoms with Gasteiger partial charge in [0.25, 0.3) is 0 Å². The second-order valence-electron chi connectivity index (χ2n) is 16.6. The number of carbonyl (C=O) groups excluding carboxylic acids is 1. The third-order valence-electron chi connectivity index (χ3n) is 11.7. The molecule has 0 radical (unpaired) electrons. The molecule has 0 saturated heterocycles. The Hall–Kier alpha value is -5.16. The van der Waals surface area contributed by atoms with Crippen LogP contribution in [0.25, 0.3) is 33.2 Å². The minimum absolute atomic E-state index is 0. The van der Waals surface area contributed by atoms with Crippen LogP contribution in [0.1, 0.15) is 103 Å². The third-order valence-corrected chi connectivity index (χ3v) is 14.6. The van der Waals surface area contributed by atoms with E-state index in [0.717, 1.165) is 85.3 Å². The zero-order valence-corrected chi connectivity index (χ0v) is 42.1. The number of aryl methyl sites for hydroxylation is 2. The molecule has 8 aromatic rings. The van der Waals surface area contributed by atoms with E-state index in [1.54, 1.807) is 43.6 Å². The zero-order valence-electron chi connectivity index (χ0n) is 39.0. The van der Waals surface area contributed by atoms with Gasteiger partial charge in [-0.1, -0.05) is 72.7 Å². The van der Waals surface area contributed by atoms with Crippen LogP contribution in [0, 0.1) is 23.3 Å². The topological polar surface area (TPSA) is 171 Å². The van der Waals surface area contributed by atoms with Crippen molar-refractivity contribution < 1.29 is 66.8 Å². The van der Waals surface area contributed by atoms with Crippen LogP contribution >= 0.6 is 46.7 Å². The fourth-order valence-electron chi connectivity index (χ4n) is 8.37. The minimum atomic E-state index is -1.33. The molecular formula is C50H47Cl2F4LiN6O6S2. The first-order valence-electron chi connectivity index (χ1n) is 22.3. The number of hydrogen-bond donors (Lipinski definition) is 1. The van der Waals surface area contributed by atoms with E-state index in [1.165, 1.54) is 48.2 Å². The molecule has 0 aliphatic heterocycles. The number of aromatic nitrogens is 6. The van der Waals surface area contributed by atoms with Gasteiger partial charge >= 0.3 is 30.8 Å². The summed E-state index contributed by atoms with van der Waals surface area (Å²) in [5, 5.41) is 19.4. The first kappa shape index (κ1) is 55.2.